The van der Waals surface area contributed by atoms with Crippen molar-refractivity contribution in [2.45, 2.75) is 6.42 Å². The molecule has 0 aliphatic carbocycles. The second-order valence-corrected chi connectivity index (χ2v) is 4.33. The molecular formula is C13H12N4O3. The van der Waals surface area contributed by atoms with Crippen molar-refractivity contribution in [3.8, 4) is 17.0 Å². The van der Waals surface area contributed by atoms with Crippen LogP contribution in [0.2, 0.25) is 0 Å². The van der Waals surface area contributed by atoms with Gasteiger partial charge in [-0.3, -0.25) is 10.1 Å². The van der Waals surface area contributed by atoms with Gasteiger partial charge in [0, 0.05) is 19.0 Å². The van der Waals surface area contributed by atoms with Gasteiger partial charge in [0.15, 0.2) is 5.69 Å². The van der Waals surface area contributed by atoms with Crippen LogP contribution >= 0.6 is 0 Å². The lowest BCUT2D eigenvalue weighted by atomic mass is 10.0. The topological polar surface area (TPSA) is 90.2 Å². The molecular weight excluding hydrogens is 260 g/mol. The van der Waals surface area contributed by atoms with Crippen LogP contribution in [0.4, 0.5) is 11.6 Å². The summed E-state index contributed by atoms with van der Waals surface area (Å²) in [5.74, 6) is 1.01. The van der Waals surface area contributed by atoms with E-state index in [1.165, 1.54) is 6.20 Å². The van der Waals surface area contributed by atoms with E-state index in [0.29, 0.717) is 23.9 Å². The number of nitrogens with zero attached hydrogens (tertiary/aromatic N) is 3. The van der Waals surface area contributed by atoms with Gasteiger partial charge in [-0.15, -0.1) is 0 Å². The number of benzene rings is 1. The summed E-state index contributed by atoms with van der Waals surface area (Å²) in [6.45, 7) is 0.587. The van der Waals surface area contributed by atoms with E-state index < -0.39 is 4.92 Å². The van der Waals surface area contributed by atoms with Gasteiger partial charge in [-0.1, -0.05) is 12.1 Å². The molecule has 1 N–H and O–H groups in total. The Hall–Kier alpha value is -2.70. The molecule has 0 saturated heterocycles. The van der Waals surface area contributed by atoms with Crippen molar-refractivity contribution in [2.24, 2.45) is 0 Å². The van der Waals surface area contributed by atoms with Crippen molar-refractivity contribution in [2.75, 3.05) is 19.0 Å². The average Bonchev–Trinajstić information content (AvgIpc) is 2.94. The van der Waals surface area contributed by atoms with E-state index in [-0.39, 0.29) is 11.4 Å². The Bertz CT molecular complexity index is 687. The van der Waals surface area contributed by atoms with E-state index in [4.69, 9.17) is 4.74 Å². The normalized spacial score (nSPS) is 12.7. The van der Waals surface area contributed by atoms with E-state index in [2.05, 4.69) is 15.3 Å². The van der Waals surface area contributed by atoms with Crippen LogP contribution in [0.15, 0.2) is 24.4 Å². The van der Waals surface area contributed by atoms with Gasteiger partial charge in [0.05, 0.1) is 11.5 Å². The number of rotatable bonds is 3. The SMILES string of the molecule is CNc1ncc([N+](=O)[O-])c(-c2cccc3c2OCC3)n1. The predicted octanol–water partition coefficient (Wildman–Crippen LogP) is 2.03. The van der Waals surface area contributed by atoms with Gasteiger partial charge >= 0.3 is 5.69 Å². The van der Waals surface area contributed by atoms with Crippen LogP contribution in [0.3, 0.4) is 0 Å². The van der Waals surface area contributed by atoms with Gasteiger partial charge in [-0.05, 0) is 11.6 Å². The highest BCUT2D eigenvalue weighted by Gasteiger charge is 2.25. The Morgan fingerprint density at radius 3 is 3.05 bits per heavy atom. The largest absolute Gasteiger partial charge is 0.492 e. The molecule has 0 atom stereocenters. The van der Waals surface area contributed by atoms with E-state index >= 15 is 0 Å². The first kappa shape index (κ1) is 12.3. The van der Waals surface area contributed by atoms with Gasteiger partial charge in [0.2, 0.25) is 5.95 Å². The van der Waals surface area contributed by atoms with Crippen LogP contribution in [0.25, 0.3) is 11.3 Å². The van der Waals surface area contributed by atoms with Crippen LogP contribution in [-0.4, -0.2) is 28.5 Å². The molecule has 3 rings (SSSR count). The molecule has 1 aromatic carbocycles. The zero-order chi connectivity index (χ0) is 14.1. The van der Waals surface area contributed by atoms with Crippen molar-refractivity contribution in [1.82, 2.24) is 9.97 Å². The lowest BCUT2D eigenvalue weighted by molar-refractivity contribution is -0.384. The van der Waals surface area contributed by atoms with Crippen molar-refractivity contribution in [3.63, 3.8) is 0 Å². The summed E-state index contributed by atoms with van der Waals surface area (Å²) in [5.41, 5.74) is 1.81. The molecule has 7 heteroatoms. The summed E-state index contributed by atoms with van der Waals surface area (Å²) in [5, 5.41) is 13.9. The maximum Gasteiger partial charge on any atom is 0.313 e. The van der Waals surface area contributed by atoms with Gasteiger partial charge in [0.1, 0.15) is 11.9 Å². The molecule has 1 aromatic heterocycles. The van der Waals surface area contributed by atoms with Crippen molar-refractivity contribution >= 4 is 11.6 Å². The van der Waals surface area contributed by atoms with Crippen LogP contribution in [0.5, 0.6) is 5.75 Å². The Morgan fingerprint density at radius 2 is 2.30 bits per heavy atom. The lowest BCUT2D eigenvalue weighted by Crippen LogP contribution is -2.02. The molecule has 2 aromatic rings. The van der Waals surface area contributed by atoms with Gasteiger partial charge in [-0.2, -0.15) is 0 Å². The minimum absolute atomic E-state index is 0.132. The van der Waals surface area contributed by atoms with E-state index in [1.807, 2.05) is 12.1 Å². The highest BCUT2D eigenvalue weighted by Crippen LogP contribution is 2.39. The predicted molar refractivity (Wildman–Crippen MR) is 72.9 cm³/mol. The highest BCUT2D eigenvalue weighted by atomic mass is 16.6. The number of aromatic nitrogens is 2. The van der Waals surface area contributed by atoms with Crippen LogP contribution < -0.4 is 10.1 Å². The van der Waals surface area contributed by atoms with Gasteiger partial charge < -0.3 is 10.1 Å². The Balaban J connectivity index is 2.23. The number of para-hydroxylation sites is 1. The monoisotopic (exact) mass is 272 g/mol. The number of fused-ring (bicyclic) bond motifs is 1. The minimum Gasteiger partial charge on any atom is -0.492 e. The number of anilines is 1. The van der Waals surface area contributed by atoms with Crippen LogP contribution in [0.1, 0.15) is 5.56 Å². The number of hydrogen-bond acceptors (Lipinski definition) is 6. The fraction of sp³-hybridized carbons (Fsp3) is 0.231. The molecule has 0 amide bonds. The molecule has 0 saturated carbocycles. The molecule has 0 bridgehead atoms. The van der Waals surface area contributed by atoms with Crippen molar-refractivity contribution in [1.29, 1.82) is 0 Å². The van der Waals surface area contributed by atoms with Crippen LogP contribution in [-0.2, 0) is 6.42 Å². The quantitative estimate of drug-likeness (QED) is 0.679. The molecule has 7 nitrogen and oxygen atoms in total. The molecule has 20 heavy (non-hydrogen) atoms. The number of ether oxygens (including phenoxy) is 1. The summed E-state index contributed by atoms with van der Waals surface area (Å²) in [6, 6.07) is 5.59. The molecule has 0 spiro atoms. The first-order chi connectivity index (χ1) is 9.70. The molecule has 1 aliphatic heterocycles. The number of nitro groups is 1. The molecule has 0 fully saturated rings. The van der Waals surface area contributed by atoms with E-state index in [1.54, 1.807) is 13.1 Å². The summed E-state index contributed by atoms with van der Waals surface area (Å²) < 4.78 is 5.59. The summed E-state index contributed by atoms with van der Waals surface area (Å²) in [7, 11) is 1.66. The smallest absolute Gasteiger partial charge is 0.313 e. The highest BCUT2D eigenvalue weighted by molar-refractivity contribution is 5.77. The Labute approximate surface area is 114 Å². The standard InChI is InChI=1S/C13H12N4O3/c1-14-13-15-7-10(17(18)19)11(16-13)9-4-2-3-8-5-6-20-12(8)9/h2-4,7H,5-6H2,1H3,(H,14,15,16). The first-order valence-electron chi connectivity index (χ1n) is 6.15. The van der Waals surface area contributed by atoms with Crippen molar-refractivity contribution < 1.29 is 9.66 Å². The average molecular weight is 272 g/mol. The fourth-order valence-corrected chi connectivity index (χ4v) is 2.23. The Morgan fingerprint density at radius 1 is 1.45 bits per heavy atom. The second kappa shape index (κ2) is 4.76. The minimum atomic E-state index is -0.483. The molecule has 0 unspecified atom stereocenters. The molecule has 1 aliphatic rings. The fourth-order valence-electron chi connectivity index (χ4n) is 2.23. The van der Waals surface area contributed by atoms with E-state index in [9.17, 15) is 10.1 Å². The summed E-state index contributed by atoms with van der Waals surface area (Å²) in [4.78, 5) is 18.8. The van der Waals surface area contributed by atoms with Crippen LogP contribution in [0, 0.1) is 10.1 Å². The third-order valence-electron chi connectivity index (χ3n) is 3.16. The Kier molecular flexibility index (Phi) is 2.94. The third kappa shape index (κ3) is 1.93. The van der Waals surface area contributed by atoms with Crippen molar-refractivity contribution in [3.05, 3.63) is 40.1 Å². The van der Waals surface area contributed by atoms with Gasteiger partial charge in [-0.25, -0.2) is 9.97 Å². The van der Waals surface area contributed by atoms with E-state index in [0.717, 1.165) is 12.0 Å². The molecule has 2 heterocycles. The number of nitrogens with one attached hydrogen (secondary N) is 1. The molecule has 102 valence electrons. The maximum absolute atomic E-state index is 11.2. The zero-order valence-electron chi connectivity index (χ0n) is 10.8. The second-order valence-electron chi connectivity index (χ2n) is 4.33. The summed E-state index contributed by atoms with van der Waals surface area (Å²) >= 11 is 0. The first-order valence-corrected chi connectivity index (χ1v) is 6.15. The maximum atomic E-state index is 11.2. The lowest BCUT2D eigenvalue weighted by Gasteiger charge is -2.08. The number of hydrogen-bond donors (Lipinski definition) is 1. The summed E-state index contributed by atoms with van der Waals surface area (Å²) in [6.07, 6.45) is 2.02. The third-order valence-corrected chi connectivity index (χ3v) is 3.16. The van der Waals surface area contributed by atoms with Gasteiger partial charge in [0.25, 0.3) is 0 Å². The zero-order valence-corrected chi connectivity index (χ0v) is 10.8. The molecule has 0 radical (unpaired) electrons.